The molecule has 0 aliphatic heterocycles. The van der Waals surface area contributed by atoms with Crippen molar-refractivity contribution in [1.29, 1.82) is 0 Å². The largest absolute Gasteiger partial charge is 0.318 e. The molecule has 1 N–H and O–H groups in total. The molecule has 0 spiro atoms. The molecule has 0 bridgehead atoms. The molecular formula is C11H17N5S2. The molecule has 98 valence electrons. The van der Waals surface area contributed by atoms with Crippen molar-refractivity contribution in [3.63, 3.8) is 0 Å². The normalized spacial score (nSPS) is 11.0. The van der Waals surface area contributed by atoms with Crippen LogP contribution >= 0.6 is 23.1 Å². The maximum absolute atomic E-state index is 4.05. The molecule has 0 aromatic carbocycles. The molecule has 18 heavy (non-hydrogen) atoms. The van der Waals surface area contributed by atoms with E-state index in [0.717, 1.165) is 30.4 Å². The minimum absolute atomic E-state index is 0.802. The Morgan fingerprint density at radius 3 is 2.94 bits per heavy atom. The SMILES string of the molecule is CCc1ccc(CSc2nnnn2CCNC)s1. The summed E-state index contributed by atoms with van der Waals surface area (Å²) in [6.45, 7) is 3.86. The third-order valence-corrected chi connectivity index (χ3v) is 4.90. The topological polar surface area (TPSA) is 55.6 Å². The number of hydrogen-bond donors (Lipinski definition) is 1. The summed E-state index contributed by atoms with van der Waals surface area (Å²) < 4.78 is 1.84. The number of aryl methyl sites for hydroxylation is 1. The molecule has 0 saturated carbocycles. The summed E-state index contributed by atoms with van der Waals surface area (Å²) in [5, 5.41) is 15.7. The summed E-state index contributed by atoms with van der Waals surface area (Å²) in [5.74, 6) is 0.935. The van der Waals surface area contributed by atoms with Gasteiger partial charge in [0.2, 0.25) is 5.16 Å². The maximum atomic E-state index is 4.05. The molecule has 0 aliphatic carbocycles. The van der Waals surface area contributed by atoms with E-state index in [0.29, 0.717) is 0 Å². The van der Waals surface area contributed by atoms with Gasteiger partial charge in [-0.25, -0.2) is 4.68 Å². The first-order chi connectivity index (χ1) is 8.83. The van der Waals surface area contributed by atoms with E-state index in [1.807, 2.05) is 23.1 Å². The van der Waals surface area contributed by atoms with Crippen LogP contribution in [0.4, 0.5) is 0 Å². The van der Waals surface area contributed by atoms with Crippen LogP contribution in [0, 0.1) is 0 Å². The van der Waals surface area contributed by atoms with Crippen LogP contribution in [0.2, 0.25) is 0 Å². The lowest BCUT2D eigenvalue weighted by molar-refractivity contribution is 0.530. The Bertz CT molecular complexity index is 479. The van der Waals surface area contributed by atoms with Gasteiger partial charge in [-0.05, 0) is 36.0 Å². The van der Waals surface area contributed by atoms with Gasteiger partial charge in [0.05, 0.1) is 6.54 Å². The van der Waals surface area contributed by atoms with Crippen molar-refractivity contribution in [1.82, 2.24) is 25.5 Å². The van der Waals surface area contributed by atoms with Crippen molar-refractivity contribution in [3.05, 3.63) is 21.9 Å². The van der Waals surface area contributed by atoms with Crippen LogP contribution in [0.3, 0.4) is 0 Å². The van der Waals surface area contributed by atoms with Gasteiger partial charge in [-0.15, -0.1) is 16.4 Å². The average Bonchev–Trinajstić information content (AvgIpc) is 3.02. The van der Waals surface area contributed by atoms with Gasteiger partial charge < -0.3 is 5.32 Å². The molecule has 2 aromatic rings. The lowest BCUT2D eigenvalue weighted by Gasteiger charge is -2.02. The summed E-state index contributed by atoms with van der Waals surface area (Å²) in [4.78, 5) is 2.81. The highest BCUT2D eigenvalue weighted by atomic mass is 32.2. The van der Waals surface area contributed by atoms with E-state index >= 15 is 0 Å². The van der Waals surface area contributed by atoms with Crippen LogP contribution < -0.4 is 5.32 Å². The number of tetrazole rings is 1. The molecule has 2 heterocycles. The molecule has 0 unspecified atom stereocenters. The Kier molecular flexibility index (Phi) is 5.15. The predicted octanol–water partition coefficient (Wildman–Crippen LogP) is 1.81. The number of thioether (sulfide) groups is 1. The molecule has 0 aliphatic rings. The molecule has 0 radical (unpaired) electrons. The van der Waals surface area contributed by atoms with Crippen LogP contribution in [0.5, 0.6) is 0 Å². The third-order valence-electron chi connectivity index (χ3n) is 2.48. The zero-order valence-corrected chi connectivity index (χ0v) is 12.2. The molecular weight excluding hydrogens is 266 g/mol. The van der Waals surface area contributed by atoms with Crippen LogP contribution in [-0.4, -0.2) is 33.8 Å². The highest BCUT2D eigenvalue weighted by Gasteiger charge is 2.07. The van der Waals surface area contributed by atoms with Gasteiger partial charge in [-0.3, -0.25) is 0 Å². The van der Waals surface area contributed by atoms with Crippen LogP contribution in [0.15, 0.2) is 17.3 Å². The van der Waals surface area contributed by atoms with Crippen LogP contribution in [0.1, 0.15) is 16.7 Å². The number of hydrogen-bond acceptors (Lipinski definition) is 6. The maximum Gasteiger partial charge on any atom is 0.209 e. The highest BCUT2D eigenvalue weighted by Crippen LogP contribution is 2.25. The number of rotatable bonds is 7. The van der Waals surface area contributed by atoms with Gasteiger partial charge in [-0.2, -0.15) is 0 Å². The monoisotopic (exact) mass is 283 g/mol. The average molecular weight is 283 g/mol. The van der Waals surface area contributed by atoms with Crippen molar-refractivity contribution in [3.8, 4) is 0 Å². The van der Waals surface area contributed by atoms with E-state index in [9.17, 15) is 0 Å². The number of nitrogens with one attached hydrogen (secondary N) is 1. The van der Waals surface area contributed by atoms with Gasteiger partial charge in [0, 0.05) is 22.1 Å². The number of nitrogens with zero attached hydrogens (tertiary/aromatic N) is 4. The van der Waals surface area contributed by atoms with Gasteiger partial charge >= 0.3 is 0 Å². The molecule has 2 rings (SSSR count). The van der Waals surface area contributed by atoms with Gasteiger partial charge in [0.15, 0.2) is 0 Å². The van der Waals surface area contributed by atoms with Gasteiger partial charge in [-0.1, -0.05) is 18.7 Å². The highest BCUT2D eigenvalue weighted by molar-refractivity contribution is 7.98. The van der Waals surface area contributed by atoms with E-state index in [1.165, 1.54) is 9.75 Å². The fourth-order valence-corrected chi connectivity index (χ4v) is 3.39. The lowest BCUT2D eigenvalue weighted by atomic mass is 10.4. The summed E-state index contributed by atoms with van der Waals surface area (Å²) >= 11 is 3.56. The molecule has 7 heteroatoms. The van der Waals surface area contributed by atoms with E-state index in [4.69, 9.17) is 0 Å². The Labute approximate surface area is 115 Å². The Morgan fingerprint density at radius 1 is 1.39 bits per heavy atom. The smallest absolute Gasteiger partial charge is 0.209 e. The summed E-state index contributed by atoms with van der Waals surface area (Å²) in [6.07, 6.45) is 1.11. The minimum atomic E-state index is 0.802. The second-order valence-electron chi connectivity index (χ2n) is 3.80. The Balaban J connectivity index is 1.91. The van der Waals surface area contributed by atoms with Crippen molar-refractivity contribution in [2.75, 3.05) is 13.6 Å². The first-order valence-corrected chi connectivity index (χ1v) is 7.75. The van der Waals surface area contributed by atoms with Crippen molar-refractivity contribution < 1.29 is 0 Å². The summed E-state index contributed by atoms with van der Waals surface area (Å²) in [7, 11) is 1.93. The first-order valence-electron chi connectivity index (χ1n) is 5.94. The van der Waals surface area contributed by atoms with E-state index in [2.05, 4.69) is 39.9 Å². The zero-order chi connectivity index (χ0) is 12.8. The number of aromatic nitrogens is 4. The van der Waals surface area contributed by atoms with Crippen molar-refractivity contribution in [2.24, 2.45) is 0 Å². The lowest BCUT2D eigenvalue weighted by Crippen LogP contribution is -2.16. The third kappa shape index (κ3) is 3.54. The first kappa shape index (κ1) is 13.5. The van der Waals surface area contributed by atoms with E-state index in [-0.39, 0.29) is 0 Å². The van der Waals surface area contributed by atoms with Gasteiger partial charge in [0.25, 0.3) is 0 Å². The Hall–Kier alpha value is -0.920. The summed E-state index contributed by atoms with van der Waals surface area (Å²) in [5.41, 5.74) is 0. The molecule has 0 saturated heterocycles. The molecule has 5 nitrogen and oxygen atoms in total. The van der Waals surface area contributed by atoms with Gasteiger partial charge in [0.1, 0.15) is 0 Å². The fraction of sp³-hybridized carbons (Fsp3) is 0.545. The van der Waals surface area contributed by atoms with Crippen LogP contribution in [0.25, 0.3) is 0 Å². The van der Waals surface area contributed by atoms with Crippen molar-refractivity contribution in [2.45, 2.75) is 30.8 Å². The minimum Gasteiger partial charge on any atom is -0.318 e. The molecule has 0 fully saturated rings. The van der Waals surface area contributed by atoms with Crippen LogP contribution in [-0.2, 0) is 18.7 Å². The van der Waals surface area contributed by atoms with E-state index < -0.39 is 0 Å². The van der Waals surface area contributed by atoms with E-state index in [1.54, 1.807) is 11.8 Å². The standard InChI is InChI=1S/C11H17N5S2/c1-3-9-4-5-10(18-9)8-17-11-13-14-15-16(11)7-6-12-2/h4-5,12H,3,6-8H2,1-2H3. The zero-order valence-electron chi connectivity index (χ0n) is 10.6. The Morgan fingerprint density at radius 2 is 2.22 bits per heavy atom. The number of likely N-dealkylation sites (N-methyl/N-ethyl adjacent to an activating group) is 1. The summed E-state index contributed by atoms with van der Waals surface area (Å²) in [6, 6.07) is 4.39. The number of thiophene rings is 1. The second-order valence-corrected chi connectivity index (χ2v) is 5.99. The molecule has 2 aromatic heterocycles. The predicted molar refractivity (Wildman–Crippen MR) is 75.0 cm³/mol. The quantitative estimate of drug-likeness (QED) is 0.785. The molecule has 0 amide bonds. The fourth-order valence-electron chi connectivity index (χ4n) is 1.48. The second kappa shape index (κ2) is 6.86. The van der Waals surface area contributed by atoms with Crippen molar-refractivity contribution >= 4 is 23.1 Å². The molecule has 0 atom stereocenters.